The van der Waals surface area contributed by atoms with Gasteiger partial charge in [0.05, 0.1) is 12.0 Å². The molecule has 1 N–H and O–H groups in total. The van der Waals surface area contributed by atoms with E-state index >= 15 is 4.39 Å². The number of fused-ring (bicyclic) bond motifs is 5. The number of aliphatic hydroxyl groups excluding tert-OH is 1. The molecule has 4 rings (SSSR count). The highest BCUT2D eigenvalue weighted by Gasteiger charge is 2.77. The molecule has 3 fully saturated rings. The largest absolute Gasteiger partial charge is 0.450 e. The van der Waals surface area contributed by atoms with Crippen molar-refractivity contribution in [1.82, 2.24) is 0 Å². The molecule has 4 aliphatic rings. The van der Waals surface area contributed by atoms with E-state index in [0.717, 1.165) is 6.08 Å². The Hall–Kier alpha value is -1.60. The summed E-state index contributed by atoms with van der Waals surface area (Å²) in [4.78, 5) is 38.0. The predicted octanol–water partition coefficient (Wildman–Crippen LogP) is 4.79. The molecule has 0 bridgehead atoms. The van der Waals surface area contributed by atoms with Gasteiger partial charge in [0.15, 0.2) is 22.9 Å². The maximum atomic E-state index is 17.3. The van der Waals surface area contributed by atoms with Gasteiger partial charge in [-0.25, -0.2) is 8.78 Å². The lowest BCUT2D eigenvalue weighted by Crippen LogP contribution is -2.70. The van der Waals surface area contributed by atoms with Crippen LogP contribution in [0.1, 0.15) is 66.2 Å². The molecule has 0 unspecified atom stereocenters. The number of carbonyl (C=O) groups is 3. The van der Waals surface area contributed by atoms with Crippen LogP contribution in [-0.4, -0.2) is 45.9 Å². The van der Waals surface area contributed by atoms with Gasteiger partial charge in [-0.1, -0.05) is 26.8 Å². The van der Waals surface area contributed by atoms with Gasteiger partial charge in [-0.15, -0.1) is 11.6 Å². The lowest BCUT2D eigenvalue weighted by Gasteiger charge is -2.62. The van der Waals surface area contributed by atoms with Gasteiger partial charge in [0.25, 0.3) is 0 Å². The summed E-state index contributed by atoms with van der Waals surface area (Å²) in [5, 5.41) is 11.4. The summed E-state index contributed by atoms with van der Waals surface area (Å²) in [6.45, 7) is 6.98. The molecule has 0 spiro atoms. The van der Waals surface area contributed by atoms with E-state index < -0.39 is 69.3 Å². The van der Waals surface area contributed by atoms with E-state index in [1.807, 2.05) is 13.8 Å². The Balaban J connectivity index is 1.85. The fourth-order valence-electron chi connectivity index (χ4n) is 8.01. The number of alkyl halides is 2. The minimum atomic E-state index is -2.24. The van der Waals surface area contributed by atoms with Crippen molar-refractivity contribution in [3.8, 4) is 0 Å². The number of rotatable bonds is 5. The molecule has 0 aromatic carbocycles. The molecule has 34 heavy (non-hydrogen) atoms. The quantitative estimate of drug-likeness (QED) is 0.435. The molecular formula is C26H33ClF2O5. The van der Waals surface area contributed by atoms with Crippen LogP contribution in [0.2, 0.25) is 0 Å². The van der Waals surface area contributed by atoms with Crippen molar-refractivity contribution in [1.29, 1.82) is 0 Å². The van der Waals surface area contributed by atoms with Crippen molar-refractivity contribution < 1.29 is 33.0 Å². The van der Waals surface area contributed by atoms with Gasteiger partial charge in [-0.2, -0.15) is 0 Å². The van der Waals surface area contributed by atoms with Crippen LogP contribution < -0.4 is 0 Å². The topological polar surface area (TPSA) is 80.7 Å². The van der Waals surface area contributed by atoms with E-state index in [1.54, 1.807) is 13.8 Å². The van der Waals surface area contributed by atoms with Crippen LogP contribution in [0.3, 0.4) is 0 Å². The van der Waals surface area contributed by atoms with Gasteiger partial charge in [0, 0.05) is 29.1 Å². The summed E-state index contributed by atoms with van der Waals surface area (Å²) >= 11 is 6.02. The van der Waals surface area contributed by atoms with Gasteiger partial charge in [-0.3, -0.25) is 14.4 Å². The zero-order valence-corrected chi connectivity index (χ0v) is 20.9. The number of halogens is 3. The van der Waals surface area contributed by atoms with Crippen molar-refractivity contribution in [3.63, 3.8) is 0 Å². The average molecular weight is 499 g/mol. The fraction of sp³-hybridized carbons (Fsp3) is 0.731. The minimum Gasteiger partial charge on any atom is -0.450 e. The summed E-state index contributed by atoms with van der Waals surface area (Å²) < 4.78 is 38.0. The molecule has 0 radical (unpaired) electrons. The molecule has 8 atom stereocenters. The van der Waals surface area contributed by atoms with Gasteiger partial charge in [-0.05, 0) is 56.6 Å². The van der Waals surface area contributed by atoms with Gasteiger partial charge >= 0.3 is 5.97 Å². The highest BCUT2D eigenvalue weighted by molar-refractivity contribution is 6.29. The molecule has 0 aromatic heterocycles. The number of hydrogen-bond donors (Lipinski definition) is 1. The smallest absolute Gasteiger partial charge is 0.306 e. The lowest BCUT2D eigenvalue weighted by atomic mass is 9.44. The Bertz CT molecular complexity index is 994. The molecule has 0 aromatic rings. The predicted molar refractivity (Wildman–Crippen MR) is 122 cm³/mol. The molecular weight excluding hydrogens is 466 g/mol. The van der Waals surface area contributed by atoms with Crippen LogP contribution in [0.4, 0.5) is 8.78 Å². The summed E-state index contributed by atoms with van der Waals surface area (Å²) in [6, 6.07) is 0. The summed E-state index contributed by atoms with van der Waals surface area (Å²) in [5.74, 6) is -4.62. The van der Waals surface area contributed by atoms with E-state index in [2.05, 4.69) is 0 Å². The second-order valence-corrected chi connectivity index (χ2v) is 11.3. The molecule has 0 aliphatic heterocycles. The number of allylic oxidation sites excluding steroid dienone is 4. The van der Waals surface area contributed by atoms with E-state index in [0.29, 0.717) is 12.8 Å². The van der Waals surface area contributed by atoms with E-state index in [4.69, 9.17) is 16.3 Å². The summed E-state index contributed by atoms with van der Waals surface area (Å²) in [7, 11) is 0. The zero-order valence-electron chi connectivity index (χ0n) is 20.1. The molecule has 8 heteroatoms. The SMILES string of the molecule is CCCC(=O)O[C@]1(C(=O)CCl)[C@@H](C)C[C@H]2[C@@H]3CCC4=C(F)C(=O)C=C[C@]4(C)[C@@]3(F)[C@@H](O)C[C@@]21C. The maximum absolute atomic E-state index is 17.3. The van der Waals surface area contributed by atoms with Gasteiger partial charge in [0.1, 0.15) is 0 Å². The summed E-state index contributed by atoms with van der Waals surface area (Å²) in [6.07, 6.45) is 2.20. The monoisotopic (exact) mass is 498 g/mol. The third-order valence-corrected chi connectivity index (χ3v) is 9.78. The molecule has 0 saturated heterocycles. The molecule has 0 amide bonds. The van der Waals surface area contributed by atoms with E-state index in [-0.39, 0.29) is 37.1 Å². The Morgan fingerprint density at radius 2 is 1.97 bits per heavy atom. The average Bonchev–Trinajstić information content (AvgIpc) is 2.99. The van der Waals surface area contributed by atoms with Crippen LogP contribution in [0, 0.1) is 28.6 Å². The molecule has 5 nitrogen and oxygen atoms in total. The first-order valence-corrected chi connectivity index (χ1v) is 12.7. The number of ketones is 2. The highest BCUT2D eigenvalue weighted by Crippen LogP contribution is 2.71. The number of Topliss-reactive ketones (excluding diaryl/α,β-unsaturated/α-hetero) is 1. The van der Waals surface area contributed by atoms with Crippen molar-refractivity contribution in [2.24, 2.45) is 28.6 Å². The highest BCUT2D eigenvalue weighted by atomic mass is 35.5. The fourth-order valence-corrected chi connectivity index (χ4v) is 8.21. The number of aliphatic hydroxyl groups is 1. The Kier molecular flexibility index (Phi) is 6.17. The number of carbonyl (C=O) groups excluding carboxylic acids is 3. The first-order valence-electron chi connectivity index (χ1n) is 12.2. The summed E-state index contributed by atoms with van der Waals surface area (Å²) in [5.41, 5.74) is -6.27. The lowest BCUT2D eigenvalue weighted by molar-refractivity contribution is -0.227. The standard InChI is InChI=1S/C26H33ClF2O5/c1-5-6-21(33)34-26(20(32)13-27)14(2)11-17-15-7-8-16-22(28)18(30)9-10-23(16,3)25(15,29)19(31)12-24(17,26)4/h9-10,14-15,17,19,31H,5-8,11-13H2,1-4H3/t14-,15-,17-,19-,23-,24-,25-,26-/m0/s1. The minimum absolute atomic E-state index is 0.0879. The molecule has 3 saturated carbocycles. The van der Waals surface area contributed by atoms with Gasteiger partial charge < -0.3 is 9.84 Å². The van der Waals surface area contributed by atoms with E-state index in [9.17, 15) is 23.9 Å². The molecule has 4 aliphatic carbocycles. The second kappa shape index (κ2) is 8.22. The van der Waals surface area contributed by atoms with Crippen LogP contribution >= 0.6 is 11.6 Å². The van der Waals surface area contributed by atoms with Crippen LogP contribution in [-0.2, 0) is 19.1 Å². The number of ether oxygens (including phenoxy) is 1. The van der Waals surface area contributed by atoms with Crippen LogP contribution in [0.25, 0.3) is 0 Å². The first-order chi connectivity index (χ1) is 15.8. The van der Waals surface area contributed by atoms with Crippen LogP contribution in [0.15, 0.2) is 23.6 Å². The normalized spacial score (nSPS) is 45.5. The zero-order chi connectivity index (χ0) is 25.3. The van der Waals surface area contributed by atoms with Crippen molar-refractivity contribution in [3.05, 3.63) is 23.6 Å². The Morgan fingerprint density at radius 1 is 1.29 bits per heavy atom. The maximum Gasteiger partial charge on any atom is 0.306 e. The Morgan fingerprint density at radius 3 is 2.59 bits per heavy atom. The molecule has 188 valence electrons. The third-order valence-electron chi connectivity index (χ3n) is 9.54. The van der Waals surface area contributed by atoms with Crippen molar-refractivity contribution in [2.75, 3.05) is 5.88 Å². The molecule has 0 heterocycles. The van der Waals surface area contributed by atoms with E-state index in [1.165, 1.54) is 6.08 Å². The van der Waals surface area contributed by atoms with Crippen molar-refractivity contribution in [2.45, 2.75) is 83.6 Å². The van der Waals surface area contributed by atoms with Crippen LogP contribution in [0.5, 0.6) is 0 Å². The Labute approximate surface area is 203 Å². The first kappa shape index (κ1) is 25.5. The van der Waals surface area contributed by atoms with Gasteiger partial charge in [0.2, 0.25) is 5.78 Å². The number of esters is 1. The third kappa shape index (κ3) is 2.95. The second-order valence-electron chi connectivity index (χ2n) is 11.0. The van der Waals surface area contributed by atoms with Crippen molar-refractivity contribution >= 4 is 29.1 Å². The number of hydrogen-bond acceptors (Lipinski definition) is 5.